The Hall–Kier alpha value is -1.38. The van der Waals surface area contributed by atoms with Gasteiger partial charge in [-0.25, -0.2) is 4.39 Å². The average molecular weight is 398 g/mol. The van der Waals surface area contributed by atoms with Crippen molar-refractivity contribution in [2.45, 2.75) is 13.0 Å². The summed E-state index contributed by atoms with van der Waals surface area (Å²) in [6.45, 7) is 1.95. The summed E-state index contributed by atoms with van der Waals surface area (Å²) in [5, 5.41) is 12.0. The maximum Gasteiger partial charge on any atom is 0.161 e. The van der Waals surface area contributed by atoms with Gasteiger partial charge in [0.2, 0.25) is 0 Å². The number of nitriles is 1. The number of rotatable bonds is 3. The molecule has 102 valence electrons. The van der Waals surface area contributed by atoms with Crippen molar-refractivity contribution in [3.8, 4) is 6.07 Å². The first kappa shape index (κ1) is 15.0. The van der Waals surface area contributed by atoms with Crippen LogP contribution < -0.4 is 5.32 Å². The zero-order valence-electron chi connectivity index (χ0n) is 10.6. The van der Waals surface area contributed by atoms with Crippen molar-refractivity contribution in [3.63, 3.8) is 0 Å². The monoisotopic (exact) mass is 396 g/mol. The van der Waals surface area contributed by atoms with E-state index in [1.807, 2.05) is 37.3 Å². The topological polar surface area (TPSA) is 35.8 Å². The summed E-state index contributed by atoms with van der Waals surface area (Å²) < 4.78 is 15.3. The second kappa shape index (κ2) is 6.38. The van der Waals surface area contributed by atoms with E-state index in [4.69, 9.17) is 5.26 Å². The molecule has 20 heavy (non-hydrogen) atoms. The van der Waals surface area contributed by atoms with E-state index in [1.54, 1.807) is 12.1 Å². The van der Waals surface area contributed by atoms with Crippen molar-refractivity contribution in [2.75, 3.05) is 5.32 Å². The van der Waals surface area contributed by atoms with E-state index in [0.717, 1.165) is 10.0 Å². The van der Waals surface area contributed by atoms with Crippen molar-refractivity contribution in [2.24, 2.45) is 0 Å². The van der Waals surface area contributed by atoms with E-state index in [9.17, 15) is 4.39 Å². The lowest BCUT2D eigenvalue weighted by atomic mass is 10.1. The molecule has 2 aromatic carbocycles. The summed E-state index contributed by atoms with van der Waals surface area (Å²) in [5.74, 6) is -0.453. The van der Waals surface area contributed by atoms with Gasteiger partial charge in [-0.3, -0.25) is 0 Å². The Morgan fingerprint density at radius 1 is 1.25 bits per heavy atom. The number of halogens is 3. The Bertz CT molecular complexity index is 680. The smallest absolute Gasteiger partial charge is 0.161 e. The molecule has 0 radical (unpaired) electrons. The molecule has 0 aliphatic carbocycles. The SMILES string of the molecule is CC(Nc1ccc(C#N)c(Br)c1F)c1cccc(Br)c1. The van der Waals surface area contributed by atoms with Crippen LogP contribution in [0.3, 0.4) is 0 Å². The Morgan fingerprint density at radius 3 is 2.65 bits per heavy atom. The van der Waals surface area contributed by atoms with E-state index in [-0.39, 0.29) is 16.1 Å². The molecule has 0 bridgehead atoms. The highest BCUT2D eigenvalue weighted by Crippen LogP contribution is 2.29. The molecule has 0 heterocycles. The fraction of sp³-hybridized carbons (Fsp3) is 0.133. The van der Waals surface area contributed by atoms with Crippen LogP contribution in [-0.4, -0.2) is 0 Å². The van der Waals surface area contributed by atoms with Crippen LogP contribution >= 0.6 is 31.9 Å². The lowest BCUT2D eigenvalue weighted by Gasteiger charge is -2.17. The van der Waals surface area contributed by atoms with Gasteiger partial charge in [0.15, 0.2) is 5.82 Å². The number of hydrogen-bond acceptors (Lipinski definition) is 2. The second-order valence-electron chi connectivity index (χ2n) is 4.32. The summed E-state index contributed by atoms with van der Waals surface area (Å²) >= 11 is 6.52. The minimum absolute atomic E-state index is 0.0539. The van der Waals surface area contributed by atoms with Gasteiger partial charge in [-0.15, -0.1) is 0 Å². The van der Waals surface area contributed by atoms with Crippen LogP contribution in [0.4, 0.5) is 10.1 Å². The van der Waals surface area contributed by atoms with Crippen LogP contribution in [-0.2, 0) is 0 Å². The molecule has 0 spiro atoms. The zero-order chi connectivity index (χ0) is 14.7. The van der Waals surface area contributed by atoms with Crippen molar-refractivity contribution in [1.29, 1.82) is 5.26 Å². The van der Waals surface area contributed by atoms with E-state index in [0.29, 0.717) is 5.69 Å². The van der Waals surface area contributed by atoms with Crippen LogP contribution in [0.5, 0.6) is 0 Å². The highest BCUT2D eigenvalue weighted by atomic mass is 79.9. The number of nitrogens with zero attached hydrogens (tertiary/aromatic N) is 1. The second-order valence-corrected chi connectivity index (χ2v) is 6.03. The summed E-state index contributed by atoms with van der Waals surface area (Å²) in [5.41, 5.74) is 1.69. The summed E-state index contributed by atoms with van der Waals surface area (Å²) in [6, 6.07) is 12.9. The van der Waals surface area contributed by atoms with Gasteiger partial charge in [0, 0.05) is 10.5 Å². The van der Waals surface area contributed by atoms with E-state index in [2.05, 4.69) is 37.2 Å². The molecular weight excluding hydrogens is 387 g/mol. The Labute approximate surface area is 133 Å². The molecule has 1 atom stereocenters. The van der Waals surface area contributed by atoms with E-state index >= 15 is 0 Å². The predicted molar refractivity (Wildman–Crippen MR) is 85.0 cm³/mol. The molecule has 0 aromatic heterocycles. The number of anilines is 1. The molecule has 2 rings (SSSR count). The lowest BCUT2D eigenvalue weighted by Crippen LogP contribution is -2.08. The van der Waals surface area contributed by atoms with Crippen LogP contribution in [0.25, 0.3) is 0 Å². The highest BCUT2D eigenvalue weighted by molar-refractivity contribution is 9.10. The summed E-state index contributed by atoms with van der Waals surface area (Å²) in [4.78, 5) is 0. The predicted octanol–water partition coefficient (Wildman–Crippen LogP) is 5.40. The van der Waals surface area contributed by atoms with E-state index in [1.165, 1.54) is 0 Å². The zero-order valence-corrected chi connectivity index (χ0v) is 13.8. The van der Waals surface area contributed by atoms with Gasteiger partial charge < -0.3 is 5.32 Å². The standard InChI is InChI=1S/C15H11Br2FN2/c1-9(10-3-2-4-12(16)7-10)20-13-6-5-11(8-19)14(17)15(13)18/h2-7,9,20H,1H3. The third kappa shape index (κ3) is 3.20. The van der Waals surface area contributed by atoms with Gasteiger partial charge in [-0.2, -0.15) is 5.26 Å². The number of benzene rings is 2. The summed E-state index contributed by atoms with van der Waals surface area (Å²) in [7, 11) is 0. The van der Waals surface area contributed by atoms with Crippen molar-refractivity contribution < 1.29 is 4.39 Å². The minimum Gasteiger partial charge on any atom is -0.376 e. The molecule has 0 amide bonds. The van der Waals surface area contributed by atoms with Crippen LogP contribution in [0.15, 0.2) is 45.3 Å². The molecule has 0 aliphatic rings. The average Bonchev–Trinajstić information content (AvgIpc) is 2.44. The fourth-order valence-corrected chi connectivity index (χ4v) is 2.69. The molecule has 0 fully saturated rings. The van der Waals surface area contributed by atoms with Crippen molar-refractivity contribution in [3.05, 3.63) is 62.3 Å². The molecule has 0 aliphatic heterocycles. The van der Waals surface area contributed by atoms with Gasteiger partial charge in [-0.05, 0) is 52.7 Å². The lowest BCUT2D eigenvalue weighted by molar-refractivity contribution is 0.620. The van der Waals surface area contributed by atoms with Crippen LogP contribution in [0.2, 0.25) is 0 Å². The highest BCUT2D eigenvalue weighted by Gasteiger charge is 2.13. The maximum absolute atomic E-state index is 14.1. The summed E-state index contributed by atoms with van der Waals surface area (Å²) in [6.07, 6.45) is 0. The van der Waals surface area contributed by atoms with Gasteiger partial charge in [0.1, 0.15) is 6.07 Å². The Morgan fingerprint density at radius 2 is 2.00 bits per heavy atom. The molecule has 2 nitrogen and oxygen atoms in total. The molecule has 0 saturated carbocycles. The molecule has 2 aromatic rings. The molecule has 1 unspecified atom stereocenters. The largest absolute Gasteiger partial charge is 0.376 e. The first-order valence-corrected chi connectivity index (χ1v) is 7.51. The van der Waals surface area contributed by atoms with Crippen LogP contribution in [0.1, 0.15) is 24.1 Å². The Kier molecular flexibility index (Phi) is 4.79. The van der Waals surface area contributed by atoms with Gasteiger partial charge >= 0.3 is 0 Å². The minimum atomic E-state index is -0.453. The van der Waals surface area contributed by atoms with Gasteiger partial charge in [0.05, 0.1) is 15.7 Å². The van der Waals surface area contributed by atoms with Gasteiger partial charge in [-0.1, -0.05) is 28.1 Å². The molecule has 5 heteroatoms. The molecule has 0 saturated heterocycles. The van der Waals surface area contributed by atoms with Crippen LogP contribution in [0, 0.1) is 17.1 Å². The first-order chi connectivity index (χ1) is 9.52. The molecule has 1 N–H and O–H groups in total. The normalized spacial score (nSPS) is 11.8. The quantitative estimate of drug-likeness (QED) is 0.752. The third-order valence-electron chi connectivity index (χ3n) is 2.92. The number of hydrogen-bond donors (Lipinski definition) is 1. The van der Waals surface area contributed by atoms with E-state index < -0.39 is 5.82 Å². The fourth-order valence-electron chi connectivity index (χ4n) is 1.84. The van der Waals surface area contributed by atoms with Gasteiger partial charge in [0.25, 0.3) is 0 Å². The van der Waals surface area contributed by atoms with Crippen molar-refractivity contribution in [1.82, 2.24) is 0 Å². The maximum atomic E-state index is 14.1. The molecular formula is C15H11Br2FN2. The number of nitrogens with one attached hydrogen (secondary N) is 1. The third-order valence-corrected chi connectivity index (χ3v) is 4.19. The van der Waals surface area contributed by atoms with Crippen molar-refractivity contribution >= 4 is 37.5 Å². The first-order valence-electron chi connectivity index (χ1n) is 5.93. The Balaban J connectivity index is 2.27.